The van der Waals surface area contributed by atoms with Crippen LogP contribution in [-0.2, 0) is 20.6 Å². The smallest absolute Gasteiger partial charge is 0.350 e. The lowest BCUT2D eigenvalue weighted by atomic mass is 10.0. The number of hydrogen-bond acceptors (Lipinski definition) is 10. The van der Waals surface area contributed by atoms with Crippen LogP contribution in [0.15, 0.2) is 0 Å². The second kappa shape index (κ2) is 13.7. The highest BCUT2D eigenvalue weighted by Crippen LogP contribution is 2.30. The maximum absolute atomic E-state index is 12.8. The van der Waals surface area contributed by atoms with Gasteiger partial charge in [0.1, 0.15) is 4.88 Å². The van der Waals surface area contributed by atoms with E-state index in [1.807, 2.05) is 18.7 Å². The topological polar surface area (TPSA) is 148 Å². The van der Waals surface area contributed by atoms with Crippen LogP contribution >= 0.6 is 22.9 Å². The standard InChI is InChI=1S/C23H33ClN6O6S/c1-5-13-18(24)29-19(26-13)21(32)27-14-8-10-30(12-15(14)35-6-2)23-28-16(20(31)25-9-11-34-4)17(37-23)22(33)36-7-3/h14-15H,5-12H2,1-4H3,(H,25,31)(H,26,29)(H,27,32)/t14-,15+/m1/s1. The Morgan fingerprint density at radius 2 is 1.97 bits per heavy atom. The van der Waals surface area contributed by atoms with Crippen molar-refractivity contribution in [3.8, 4) is 0 Å². The largest absolute Gasteiger partial charge is 0.462 e. The van der Waals surface area contributed by atoms with Crippen molar-refractivity contribution in [1.29, 1.82) is 0 Å². The Bertz CT molecular complexity index is 1090. The number of aryl methyl sites for hydroxylation is 1. The molecule has 2 aromatic rings. The van der Waals surface area contributed by atoms with Gasteiger partial charge in [0.05, 0.1) is 31.1 Å². The molecule has 12 nitrogen and oxygen atoms in total. The highest BCUT2D eigenvalue weighted by Gasteiger charge is 2.35. The van der Waals surface area contributed by atoms with Gasteiger partial charge in [0.15, 0.2) is 21.8 Å². The van der Waals surface area contributed by atoms with Crippen LogP contribution in [0.2, 0.25) is 5.15 Å². The van der Waals surface area contributed by atoms with Crippen molar-refractivity contribution in [3.05, 3.63) is 27.2 Å². The Labute approximate surface area is 224 Å². The third-order valence-corrected chi connectivity index (χ3v) is 7.12. The van der Waals surface area contributed by atoms with Crippen LogP contribution in [0.1, 0.15) is 63.7 Å². The molecule has 3 N–H and O–H groups in total. The van der Waals surface area contributed by atoms with Crippen molar-refractivity contribution in [3.63, 3.8) is 0 Å². The number of carbonyl (C=O) groups excluding carboxylic acids is 3. The Kier molecular flexibility index (Phi) is 10.7. The molecule has 1 saturated heterocycles. The predicted molar refractivity (Wildman–Crippen MR) is 139 cm³/mol. The lowest BCUT2D eigenvalue weighted by Crippen LogP contribution is -2.55. The first-order valence-electron chi connectivity index (χ1n) is 12.2. The molecule has 14 heteroatoms. The molecule has 0 radical (unpaired) electrons. The lowest BCUT2D eigenvalue weighted by molar-refractivity contribution is 0.0271. The molecule has 1 aliphatic heterocycles. The molecule has 0 saturated carbocycles. The average molecular weight is 557 g/mol. The summed E-state index contributed by atoms with van der Waals surface area (Å²) in [4.78, 5) is 51.7. The molecule has 1 fully saturated rings. The van der Waals surface area contributed by atoms with E-state index in [9.17, 15) is 14.4 Å². The summed E-state index contributed by atoms with van der Waals surface area (Å²) in [7, 11) is 1.53. The molecular weight excluding hydrogens is 524 g/mol. The molecule has 3 heterocycles. The number of methoxy groups -OCH3 is 1. The first-order chi connectivity index (χ1) is 17.8. The first kappa shape index (κ1) is 28.8. The number of rotatable bonds is 12. The summed E-state index contributed by atoms with van der Waals surface area (Å²) in [5.41, 5.74) is 0.714. The molecule has 2 atom stereocenters. The number of aromatic amines is 1. The van der Waals surface area contributed by atoms with Gasteiger partial charge in [0.2, 0.25) is 0 Å². The first-order valence-corrected chi connectivity index (χ1v) is 13.4. The normalized spacial score (nSPS) is 17.5. The number of aromatic nitrogens is 3. The number of piperidine rings is 1. The zero-order valence-electron chi connectivity index (χ0n) is 21.4. The molecule has 2 aromatic heterocycles. The Morgan fingerprint density at radius 3 is 2.62 bits per heavy atom. The number of hydrogen-bond donors (Lipinski definition) is 3. The molecule has 0 aliphatic carbocycles. The second-order valence-electron chi connectivity index (χ2n) is 8.16. The number of H-pyrrole nitrogens is 1. The summed E-state index contributed by atoms with van der Waals surface area (Å²) >= 11 is 7.18. The summed E-state index contributed by atoms with van der Waals surface area (Å²) in [6.45, 7) is 7.64. The van der Waals surface area contributed by atoms with Gasteiger partial charge >= 0.3 is 5.97 Å². The minimum absolute atomic E-state index is 0.0133. The van der Waals surface area contributed by atoms with E-state index in [-0.39, 0.29) is 52.8 Å². The molecule has 204 valence electrons. The number of esters is 1. The molecule has 2 amide bonds. The van der Waals surface area contributed by atoms with Gasteiger partial charge in [-0.1, -0.05) is 29.9 Å². The number of nitrogens with one attached hydrogen (secondary N) is 3. The van der Waals surface area contributed by atoms with Gasteiger partial charge < -0.3 is 34.7 Å². The van der Waals surface area contributed by atoms with Gasteiger partial charge in [0, 0.05) is 33.4 Å². The van der Waals surface area contributed by atoms with Crippen LogP contribution in [0.3, 0.4) is 0 Å². The van der Waals surface area contributed by atoms with Crippen molar-refractivity contribution < 1.29 is 28.6 Å². The lowest BCUT2D eigenvalue weighted by Gasteiger charge is -2.38. The molecule has 3 rings (SSSR count). The monoisotopic (exact) mass is 556 g/mol. The van der Waals surface area contributed by atoms with E-state index in [0.29, 0.717) is 50.0 Å². The van der Waals surface area contributed by atoms with Gasteiger partial charge in [-0.2, -0.15) is 0 Å². The summed E-state index contributed by atoms with van der Waals surface area (Å²) in [6, 6.07) is -0.279. The predicted octanol–water partition coefficient (Wildman–Crippen LogP) is 2.05. The molecule has 0 unspecified atom stereocenters. The van der Waals surface area contributed by atoms with Crippen LogP contribution in [0.4, 0.5) is 5.13 Å². The number of imidazole rings is 1. The Balaban J connectivity index is 1.76. The summed E-state index contributed by atoms with van der Waals surface area (Å²) < 4.78 is 16.1. The average Bonchev–Trinajstić information content (AvgIpc) is 3.49. The molecular formula is C23H33ClN6O6S. The van der Waals surface area contributed by atoms with E-state index in [0.717, 1.165) is 11.3 Å². The SMILES string of the molecule is CCOC(=O)c1sc(N2CC[C@@H](NC(=O)c3nc(Cl)c(CC)[nH]3)[C@@H](OCC)C2)nc1C(=O)NCCOC. The maximum Gasteiger partial charge on any atom is 0.350 e. The van der Waals surface area contributed by atoms with E-state index in [1.165, 1.54) is 7.11 Å². The van der Waals surface area contributed by atoms with Crippen LogP contribution in [0, 0.1) is 0 Å². The van der Waals surface area contributed by atoms with Gasteiger partial charge in [-0.05, 0) is 26.7 Å². The minimum Gasteiger partial charge on any atom is -0.462 e. The quantitative estimate of drug-likeness (QED) is 0.264. The molecule has 0 spiro atoms. The minimum atomic E-state index is -0.602. The van der Waals surface area contributed by atoms with Crippen LogP contribution in [-0.4, -0.2) is 91.4 Å². The fourth-order valence-corrected chi connectivity index (χ4v) is 5.15. The van der Waals surface area contributed by atoms with Crippen molar-refractivity contribution in [2.75, 3.05) is 51.5 Å². The summed E-state index contributed by atoms with van der Waals surface area (Å²) in [5, 5.41) is 6.48. The number of halogens is 1. The fraction of sp³-hybridized carbons (Fsp3) is 0.609. The molecule has 1 aliphatic rings. The van der Waals surface area contributed by atoms with E-state index in [1.54, 1.807) is 6.92 Å². The van der Waals surface area contributed by atoms with E-state index < -0.39 is 11.9 Å². The highest BCUT2D eigenvalue weighted by atomic mass is 35.5. The van der Waals surface area contributed by atoms with Gasteiger partial charge in [-0.3, -0.25) is 9.59 Å². The van der Waals surface area contributed by atoms with Crippen LogP contribution in [0.5, 0.6) is 0 Å². The third kappa shape index (κ3) is 7.18. The third-order valence-electron chi connectivity index (χ3n) is 5.71. The number of amides is 2. The summed E-state index contributed by atoms with van der Waals surface area (Å²) in [5.74, 6) is -1.29. The van der Waals surface area contributed by atoms with Gasteiger partial charge in [-0.15, -0.1) is 0 Å². The highest BCUT2D eigenvalue weighted by molar-refractivity contribution is 7.17. The maximum atomic E-state index is 12.8. The van der Waals surface area contributed by atoms with Crippen molar-refractivity contribution >= 4 is 45.9 Å². The van der Waals surface area contributed by atoms with E-state index in [4.69, 9.17) is 25.8 Å². The summed E-state index contributed by atoms with van der Waals surface area (Å²) in [6.07, 6.45) is 0.829. The fourth-order valence-electron chi connectivity index (χ4n) is 3.89. The van der Waals surface area contributed by atoms with Crippen LogP contribution in [0.25, 0.3) is 0 Å². The zero-order valence-corrected chi connectivity index (χ0v) is 23.0. The second-order valence-corrected chi connectivity index (χ2v) is 9.50. The molecule has 0 bridgehead atoms. The van der Waals surface area contributed by atoms with Crippen molar-refractivity contribution in [2.24, 2.45) is 0 Å². The van der Waals surface area contributed by atoms with E-state index in [2.05, 4.69) is 25.6 Å². The molecule has 0 aromatic carbocycles. The van der Waals surface area contributed by atoms with Crippen molar-refractivity contribution in [1.82, 2.24) is 25.6 Å². The van der Waals surface area contributed by atoms with E-state index >= 15 is 0 Å². The number of ether oxygens (including phenoxy) is 3. The Morgan fingerprint density at radius 1 is 1.19 bits per heavy atom. The molecule has 37 heavy (non-hydrogen) atoms. The van der Waals surface area contributed by atoms with Gasteiger partial charge in [0.25, 0.3) is 11.8 Å². The van der Waals surface area contributed by atoms with Crippen LogP contribution < -0.4 is 15.5 Å². The van der Waals surface area contributed by atoms with Gasteiger partial charge in [-0.25, -0.2) is 14.8 Å². The Hall–Kier alpha value is -2.74. The van der Waals surface area contributed by atoms with Crippen molar-refractivity contribution in [2.45, 2.75) is 45.8 Å². The number of nitrogens with zero attached hydrogens (tertiary/aromatic N) is 3. The number of anilines is 1. The number of thiazole rings is 1. The number of carbonyl (C=O) groups is 3. The zero-order chi connectivity index (χ0) is 26.9.